The molecule has 32 heavy (non-hydrogen) atoms. The Kier molecular flexibility index (Phi) is 6.97. The topological polar surface area (TPSA) is 113 Å². The molecule has 2 aromatic rings. The summed E-state index contributed by atoms with van der Waals surface area (Å²) in [5.41, 5.74) is -0.0189. The van der Waals surface area contributed by atoms with Crippen LogP contribution in [0.2, 0.25) is 0 Å². The van der Waals surface area contributed by atoms with Crippen molar-refractivity contribution >= 4 is 33.3 Å². The molecule has 1 aliphatic rings. The molecule has 0 spiro atoms. The number of hydrogen-bond acceptors (Lipinski definition) is 6. The predicted molar refractivity (Wildman–Crippen MR) is 112 cm³/mol. The molecule has 172 valence electrons. The fourth-order valence-electron chi connectivity index (χ4n) is 3.59. The molecule has 1 fully saturated rings. The number of benzene rings is 2. The number of carboxylic acid groups (broad SMARTS) is 1. The SMILES string of the molecule is CCOC(=O)[C@@H]1CCCN(c2ccc(NS(=O)(=O)c3cc(F)ccc3F)cc2C(=O)O)C1. The zero-order chi connectivity index (χ0) is 23.5. The van der Waals surface area contributed by atoms with E-state index in [4.69, 9.17) is 4.74 Å². The maximum Gasteiger partial charge on any atom is 0.337 e. The Hall–Kier alpha value is -3.21. The molecule has 1 heterocycles. The average molecular weight is 468 g/mol. The van der Waals surface area contributed by atoms with Gasteiger partial charge in [-0.25, -0.2) is 22.0 Å². The summed E-state index contributed by atoms with van der Waals surface area (Å²) in [6, 6.07) is 5.84. The highest BCUT2D eigenvalue weighted by Crippen LogP contribution is 2.30. The maximum atomic E-state index is 13.9. The van der Waals surface area contributed by atoms with Crippen molar-refractivity contribution in [2.75, 3.05) is 29.3 Å². The van der Waals surface area contributed by atoms with E-state index in [9.17, 15) is 31.9 Å². The van der Waals surface area contributed by atoms with E-state index in [1.54, 1.807) is 11.8 Å². The first-order valence-corrected chi connectivity index (χ1v) is 11.4. The molecule has 2 aromatic carbocycles. The Morgan fingerprint density at radius 2 is 1.97 bits per heavy atom. The van der Waals surface area contributed by atoms with Gasteiger partial charge >= 0.3 is 11.9 Å². The number of halogens is 2. The molecular weight excluding hydrogens is 446 g/mol. The number of ether oxygens (including phenoxy) is 1. The van der Waals surface area contributed by atoms with Crippen LogP contribution in [0.15, 0.2) is 41.3 Å². The first kappa shape index (κ1) is 23.5. The lowest BCUT2D eigenvalue weighted by Gasteiger charge is -2.34. The molecule has 2 N–H and O–H groups in total. The number of aromatic carboxylic acids is 1. The predicted octanol–water partition coefficient (Wildman–Crippen LogP) is 3.24. The van der Waals surface area contributed by atoms with E-state index < -0.39 is 38.4 Å². The van der Waals surface area contributed by atoms with Crippen molar-refractivity contribution in [2.24, 2.45) is 5.92 Å². The molecule has 0 amide bonds. The molecule has 0 aliphatic carbocycles. The minimum atomic E-state index is -4.51. The number of sulfonamides is 1. The van der Waals surface area contributed by atoms with E-state index in [2.05, 4.69) is 4.72 Å². The molecule has 8 nitrogen and oxygen atoms in total. The lowest BCUT2D eigenvalue weighted by atomic mass is 9.97. The van der Waals surface area contributed by atoms with Crippen molar-refractivity contribution in [3.63, 3.8) is 0 Å². The highest BCUT2D eigenvalue weighted by Gasteiger charge is 2.29. The van der Waals surface area contributed by atoms with Crippen LogP contribution in [0.5, 0.6) is 0 Å². The summed E-state index contributed by atoms with van der Waals surface area (Å²) in [6.45, 7) is 2.72. The third-order valence-corrected chi connectivity index (χ3v) is 6.44. The minimum absolute atomic E-state index is 0.131. The van der Waals surface area contributed by atoms with Gasteiger partial charge < -0.3 is 14.7 Å². The van der Waals surface area contributed by atoms with Crippen molar-refractivity contribution in [1.29, 1.82) is 0 Å². The Balaban J connectivity index is 1.89. The quantitative estimate of drug-likeness (QED) is 0.600. The van der Waals surface area contributed by atoms with Crippen LogP contribution < -0.4 is 9.62 Å². The zero-order valence-corrected chi connectivity index (χ0v) is 18.0. The standard InChI is InChI=1S/C21H22F2N2O6S/c1-2-31-21(28)13-4-3-9-25(12-13)18-8-6-15(11-16(18)20(26)27)24-32(29,30)19-10-14(22)5-7-17(19)23/h5-8,10-11,13,24H,2-4,9,12H2,1H3,(H,26,27)/t13-/m1/s1. The first-order chi connectivity index (χ1) is 15.1. The molecule has 0 aromatic heterocycles. The number of hydrogen-bond donors (Lipinski definition) is 2. The Morgan fingerprint density at radius 3 is 2.66 bits per heavy atom. The second-order valence-corrected chi connectivity index (χ2v) is 8.91. The summed E-state index contributed by atoms with van der Waals surface area (Å²) >= 11 is 0. The molecule has 0 bridgehead atoms. The number of rotatable bonds is 7. The molecular formula is C21H22F2N2O6S. The molecule has 0 saturated carbocycles. The number of nitrogens with one attached hydrogen (secondary N) is 1. The number of carboxylic acids is 1. The van der Waals surface area contributed by atoms with Crippen LogP contribution in [0.1, 0.15) is 30.1 Å². The van der Waals surface area contributed by atoms with E-state index in [0.717, 1.165) is 12.1 Å². The van der Waals surface area contributed by atoms with E-state index >= 15 is 0 Å². The summed E-state index contributed by atoms with van der Waals surface area (Å²) in [7, 11) is -4.51. The van der Waals surface area contributed by atoms with Gasteiger partial charge in [-0.15, -0.1) is 0 Å². The summed E-state index contributed by atoms with van der Waals surface area (Å²) in [6.07, 6.45) is 1.27. The smallest absolute Gasteiger partial charge is 0.337 e. The van der Waals surface area contributed by atoms with Gasteiger partial charge in [-0.3, -0.25) is 9.52 Å². The van der Waals surface area contributed by atoms with Crippen molar-refractivity contribution < 1.29 is 36.6 Å². The number of esters is 1. The van der Waals surface area contributed by atoms with Gasteiger partial charge in [-0.05, 0) is 56.2 Å². The van der Waals surface area contributed by atoms with E-state index in [-0.39, 0.29) is 30.4 Å². The fourth-order valence-corrected chi connectivity index (χ4v) is 4.73. The normalized spacial score (nSPS) is 16.5. The van der Waals surface area contributed by atoms with Gasteiger partial charge in [-0.2, -0.15) is 0 Å². The van der Waals surface area contributed by atoms with Crippen LogP contribution in [0.25, 0.3) is 0 Å². The van der Waals surface area contributed by atoms with Gasteiger partial charge in [0.25, 0.3) is 10.0 Å². The molecule has 1 aliphatic heterocycles. The molecule has 1 atom stereocenters. The third-order valence-electron chi connectivity index (χ3n) is 5.04. The second kappa shape index (κ2) is 9.51. The van der Waals surface area contributed by atoms with Crippen LogP contribution in [0, 0.1) is 17.6 Å². The Labute approximate surface area is 183 Å². The number of piperidine rings is 1. The summed E-state index contributed by atoms with van der Waals surface area (Å²) < 4.78 is 59.5. The summed E-state index contributed by atoms with van der Waals surface area (Å²) in [5.74, 6) is -4.15. The monoisotopic (exact) mass is 468 g/mol. The average Bonchev–Trinajstić information content (AvgIpc) is 2.75. The fraction of sp³-hybridized carbons (Fsp3) is 0.333. The van der Waals surface area contributed by atoms with Crippen molar-refractivity contribution in [1.82, 2.24) is 0 Å². The molecule has 11 heteroatoms. The molecule has 0 radical (unpaired) electrons. The largest absolute Gasteiger partial charge is 0.478 e. The van der Waals surface area contributed by atoms with Crippen LogP contribution in [0.3, 0.4) is 0 Å². The van der Waals surface area contributed by atoms with Gasteiger partial charge in [0.05, 0.1) is 23.8 Å². The molecule has 1 saturated heterocycles. The highest BCUT2D eigenvalue weighted by molar-refractivity contribution is 7.92. The van der Waals surface area contributed by atoms with E-state index in [0.29, 0.717) is 37.2 Å². The van der Waals surface area contributed by atoms with Crippen LogP contribution >= 0.6 is 0 Å². The van der Waals surface area contributed by atoms with E-state index in [1.165, 1.54) is 12.1 Å². The van der Waals surface area contributed by atoms with E-state index in [1.807, 2.05) is 0 Å². The zero-order valence-electron chi connectivity index (χ0n) is 17.2. The summed E-state index contributed by atoms with van der Waals surface area (Å²) in [5, 5.41) is 9.67. The Morgan fingerprint density at radius 1 is 1.22 bits per heavy atom. The van der Waals surface area contributed by atoms with Gasteiger partial charge in [0, 0.05) is 18.8 Å². The van der Waals surface area contributed by atoms with Crippen LogP contribution in [-0.4, -0.2) is 45.2 Å². The van der Waals surface area contributed by atoms with Gasteiger partial charge in [-0.1, -0.05) is 0 Å². The summed E-state index contributed by atoms with van der Waals surface area (Å²) in [4.78, 5) is 24.8. The molecule has 0 unspecified atom stereocenters. The minimum Gasteiger partial charge on any atom is -0.478 e. The third kappa shape index (κ3) is 5.16. The van der Waals surface area contributed by atoms with Crippen molar-refractivity contribution in [3.05, 3.63) is 53.6 Å². The van der Waals surface area contributed by atoms with Gasteiger partial charge in [0.2, 0.25) is 0 Å². The maximum absolute atomic E-state index is 13.9. The number of carbonyl (C=O) groups excluding carboxylic acids is 1. The number of anilines is 2. The number of carbonyl (C=O) groups is 2. The number of nitrogens with zero attached hydrogens (tertiary/aromatic N) is 1. The first-order valence-electron chi connectivity index (χ1n) is 9.89. The van der Waals surface area contributed by atoms with Crippen LogP contribution in [0.4, 0.5) is 20.2 Å². The van der Waals surface area contributed by atoms with Gasteiger partial charge in [0.1, 0.15) is 16.5 Å². The lowest BCUT2D eigenvalue weighted by molar-refractivity contribution is -0.148. The van der Waals surface area contributed by atoms with Gasteiger partial charge in [0.15, 0.2) is 0 Å². The second-order valence-electron chi connectivity index (χ2n) is 7.25. The van der Waals surface area contributed by atoms with Crippen LogP contribution in [-0.2, 0) is 19.6 Å². The van der Waals surface area contributed by atoms with Crippen molar-refractivity contribution in [2.45, 2.75) is 24.7 Å². The molecule has 3 rings (SSSR count). The highest BCUT2D eigenvalue weighted by atomic mass is 32.2. The van der Waals surface area contributed by atoms with Crippen molar-refractivity contribution in [3.8, 4) is 0 Å². The lowest BCUT2D eigenvalue weighted by Crippen LogP contribution is -2.40. The Bertz CT molecular complexity index is 1140.